The first kappa shape index (κ1) is 22.6. The first-order valence-electron chi connectivity index (χ1n) is 9.15. The summed E-state index contributed by atoms with van der Waals surface area (Å²) in [6.45, 7) is 0. The van der Waals surface area contributed by atoms with Gasteiger partial charge in [-0.25, -0.2) is 9.97 Å². The summed E-state index contributed by atoms with van der Waals surface area (Å²) in [5, 5.41) is 5.30. The van der Waals surface area contributed by atoms with E-state index in [1.807, 2.05) is 24.3 Å². The average molecular weight is 539 g/mol. The Balaban J connectivity index is 1.69. The molecule has 0 aliphatic carbocycles. The van der Waals surface area contributed by atoms with Crippen molar-refractivity contribution >= 4 is 50.1 Å². The third-order valence-corrected chi connectivity index (χ3v) is 6.48. The average Bonchev–Trinajstić information content (AvgIpc) is 3.42. The summed E-state index contributed by atoms with van der Waals surface area (Å²) < 4.78 is 42.5. The van der Waals surface area contributed by atoms with Gasteiger partial charge in [0.2, 0.25) is 5.91 Å². The van der Waals surface area contributed by atoms with Crippen molar-refractivity contribution in [3.63, 3.8) is 0 Å². The number of anilines is 1. The number of aromatic nitrogens is 3. The van der Waals surface area contributed by atoms with Gasteiger partial charge in [-0.15, -0.1) is 11.3 Å². The van der Waals surface area contributed by atoms with Gasteiger partial charge < -0.3 is 5.32 Å². The van der Waals surface area contributed by atoms with Gasteiger partial charge in [0.25, 0.3) is 0 Å². The lowest BCUT2D eigenvalue weighted by molar-refractivity contribution is -0.137. The zero-order valence-electron chi connectivity index (χ0n) is 16.1. The SMILES string of the molecule is O=C(CSc1ncc(-c2ccc(Br)cc2)n1-c1cccc(C(F)(F)F)c1)Nc1nccs1. The minimum Gasteiger partial charge on any atom is -0.301 e. The van der Waals surface area contributed by atoms with E-state index in [-0.39, 0.29) is 11.7 Å². The molecular weight excluding hydrogens is 525 g/mol. The summed E-state index contributed by atoms with van der Waals surface area (Å²) >= 11 is 5.81. The highest BCUT2D eigenvalue weighted by Gasteiger charge is 2.31. The van der Waals surface area contributed by atoms with Crippen LogP contribution in [0.5, 0.6) is 0 Å². The molecule has 0 atom stereocenters. The Morgan fingerprint density at radius 1 is 1.16 bits per heavy atom. The maximum Gasteiger partial charge on any atom is 0.416 e. The molecule has 2 aromatic carbocycles. The second-order valence-electron chi connectivity index (χ2n) is 6.49. The van der Waals surface area contributed by atoms with Crippen LogP contribution in [0.4, 0.5) is 18.3 Å². The van der Waals surface area contributed by atoms with Crippen LogP contribution in [0.2, 0.25) is 0 Å². The third-order valence-electron chi connectivity index (χ3n) is 4.31. The maximum absolute atomic E-state index is 13.3. The number of rotatable bonds is 6. The van der Waals surface area contributed by atoms with Crippen LogP contribution in [0, 0.1) is 0 Å². The predicted molar refractivity (Wildman–Crippen MR) is 123 cm³/mol. The monoisotopic (exact) mass is 538 g/mol. The van der Waals surface area contributed by atoms with Gasteiger partial charge in [-0.2, -0.15) is 13.2 Å². The van der Waals surface area contributed by atoms with Crippen molar-refractivity contribution in [1.82, 2.24) is 14.5 Å². The number of imidazole rings is 1. The second kappa shape index (κ2) is 9.47. The Kier molecular flexibility index (Phi) is 6.68. The molecule has 32 heavy (non-hydrogen) atoms. The molecule has 0 saturated carbocycles. The molecule has 0 spiro atoms. The number of nitrogens with zero attached hydrogens (tertiary/aromatic N) is 3. The topological polar surface area (TPSA) is 59.8 Å². The molecule has 0 saturated heterocycles. The van der Waals surface area contributed by atoms with Crippen LogP contribution < -0.4 is 5.32 Å². The largest absolute Gasteiger partial charge is 0.416 e. The lowest BCUT2D eigenvalue weighted by Crippen LogP contribution is -2.14. The molecule has 1 N–H and O–H groups in total. The molecular formula is C21H14BrF3N4OS2. The van der Waals surface area contributed by atoms with Gasteiger partial charge in [0.05, 0.1) is 23.2 Å². The van der Waals surface area contributed by atoms with Crippen LogP contribution in [-0.4, -0.2) is 26.2 Å². The van der Waals surface area contributed by atoms with Gasteiger partial charge in [0.1, 0.15) is 0 Å². The molecule has 0 aliphatic heterocycles. The van der Waals surface area contributed by atoms with Gasteiger partial charge in [-0.1, -0.05) is 45.9 Å². The van der Waals surface area contributed by atoms with E-state index in [0.717, 1.165) is 33.9 Å². The van der Waals surface area contributed by atoms with E-state index in [9.17, 15) is 18.0 Å². The molecule has 0 fully saturated rings. The van der Waals surface area contributed by atoms with E-state index in [1.165, 1.54) is 17.4 Å². The number of carbonyl (C=O) groups excluding carboxylic acids is 1. The van der Waals surface area contributed by atoms with Crippen molar-refractivity contribution in [3.8, 4) is 16.9 Å². The fourth-order valence-electron chi connectivity index (χ4n) is 2.90. The summed E-state index contributed by atoms with van der Waals surface area (Å²) in [5.41, 5.74) is 0.929. The third kappa shape index (κ3) is 5.22. The fraction of sp³-hybridized carbons (Fsp3) is 0.0952. The number of thioether (sulfide) groups is 1. The molecule has 2 heterocycles. The quantitative estimate of drug-likeness (QED) is 0.284. The number of nitrogens with one attached hydrogen (secondary N) is 1. The molecule has 4 rings (SSSR count). The van der Waals surface area contributed by atoms with Gasteiger partial charge in [-0.3, -0.25) is 9.36 Å². The first-order valence-corrected chi connectivity index (χ1v) is 11.8. The van der Waals surface area contributed by atoms with E-state index in [4.69, 9.17) is 0 Å². The second-order valence-corrected chi connectivity index (χ2v) is 9.24. The van der Waals surface area contributed by atoms with Gasteiger partial charge in [-0.05, 0) is 30.3 Å². The molecule has 0 radical (unpaired) electrons. The number of hydrogen-bond acceptors (Lipinski definition) is 5. The Morgan fingerprint density at radius 2 is 1.94 bits per heavy atom. The van der Waals surface area contributed by atoms with E-state index < -0.39 is 11.7 Å². The zero-order chi connectivity index (χ0) is 22.7. The van der Waals surface area contributed by atoms with Crippen molar-refractivity contribution in [2.45, 2.75) is 11.3 Å². The zero-order valence-corrected chi connectivity index (χ0v) is 19.4. The minimum absolute atomic E-state index is 0.0231. The molecule has 0 unspecified atom stereocenters. The number of halogens is 4. The van der Waals surface area contributed by atoms with Crippen molar-refractivity contribution < 1.29 is 18.0 Å². The van der Waals surface area contributed by atoms with Gasteiger partial charge in [0.15, 0.2) is 10.3 Å². The number of thiazole rings is 1. The van der Waals surface area contributed by atoms with E-state index in [2.05, 4.69) is 31.2 Å². The summed E-state index contributed by atoms with van der Waals surface area (Å²) in [6.07, 6.45) is -1.31. The van der Waals surface area contributed by atoms with Crippen molar-refractivity contribution in [2.75, 3.05) is 11.1 Å². The number of benzene rings is 2. The maximum atomic E-state index is 13.3. The molecule has 11 heteroatoms. The van der Waals surface area contributed by atoms with Crippen molar-refractivity contribution in [1.29, 1.82) is 0 Å². The molecule has 5 nitrogen and oxygen atoms in total. The molecule has 164 valence electrons. The normalized spacial score (nSPS) is 11.5. The van der Waals surface area contributed by atoms with Gasteiger partial charge in [0, 0.05) is 27.3 Å². The standard InChI is InChI=1S/C21H14BrF3N4OS2/c22-15-6-4-13(5-7-15)17-11-27-20(32-12-18(30)28-19-26-8-9-31-19)29(17)16-3-1-2-14(10-16)21(23,24)25/h1-11H,12H2,(H,26,28,30). The highest BCUT2D eigenvalue weighted by atomic mass is 79.9. The van der Waals surface area contributed by atoms with E-state index in [1.54, 1.807) is 28.4 Å². The Bertz CT molecular complexity index is 1220. The Morgan fingerprint density at radius 3 is 2.62 bits per heavy atom. The number of hydrogen-bond donors (Lipinski definition) is 1. The van der Waals surface area contributed by atoms with E-state index in [0.29, 0.717) is 21.7 Å². The molecule has 2 aromatic heterocycles. The van der Waals surface area contributed by atoms with E-state index >= 15 is 0 Å². The first-order chi connectivity index (χ1) is 15.3. The summed E-state index contributed by atoms with van der Waals surface area (Å²) in [7, 11) is 0. The van der Waals surface area contributed by atoms with Crippen LogP contribution >= 0.6 is 39.0 Å². The van der Waals surface area contributed by atoms with Crippen LogP contribution in [0.15, 0.2) is 75.9 Å². The lowest BCUT2D eigenvalue weighted by atomic mass is 10.1. The summed E-state index contributed by atoms with van der Waals surface area (Å²) in [5.74, 6) is -0.260. The van der Waals surface area contributed by atoms with Crippen LogP contribution in [-0.2, 0) is 11.0 Å². The molecule has 0 bridgehead atoms. The van der Waals surface area contributed by atoms with Crippen LogP contribution in [0.1, 0.15) is 5.56 Å². The van der Waals surface area contributed by atoms with Gasteiger partial charge >= 0.3 is 6.18 Å². The molecule has 0 aliphatic rings. The molecule has 4 aromatic rings. The number of amides is 1. The van der Waals surface area contributed by atoms with Crippen molar-refractivity contribution in [2.24, 2.45) is 0 Å². The van der Waals surface area contributed by atoms with Crippen molar-refractivity contribution in [3.05, 3.63) is 76.3 Å². The predicted octanol–water partition coefficient (Wildman–Crippen LogP) is 6.51. The van der Waals surface area contributed by atoms with Crippen LogP contribution in [0.25, 0.3) is 16.9 Å². The Hall–Kier alpha value is -2.63. The van der Waals surface area contributed by atoms with Crippen LogP contribution in [0.3, 0.4) is 0 Å². The number of carbonyl (C=O) groups is 1. The smallest absolute Gasteiger partial charge is 0.301 e. The molecule has 1 amide bonds. The minimum atomic E-state index is -4.48. The Labute approximate surface area is 197 Å². The highest BCUT2D eigenvalue weighted by Crippen LogP contribution is 2.34. The summed E-state index contributed by atoms with van der Waals surface area (Å²) in [6, 6.07) is 12.4. The number of alkyl halides is 3. The highest BCUT2D eigenvalue weighted by molar-refractivity contribution is 9.10. The fourth-order valence-corrected chi connectivity index (χ4v) is 4.50. The summed E-state index contributed by atoms with van der Waals surface area (Å²) in [4.78, 5) is 20.7. The lowest BCUT2D eigenvalue weighted by Gasteiger charge is -2.14.